The van der Waals surface area contributed by atoms with E-state index in [1.807, 2.05) is 30.3 Å². The highest BCUT2D eigenvalue weighted by Gasteiger charge is 2.24. The standard InChI is InChI=1S/C50H33NO.2C44H29NO/c1-3-11-34(12-4-1)36-21-27-40(28-22-36)51(41-29-23-37(24-30-41)35-13-5-2-6-14-35)42-16-9-15-39(33-42)43-18-10-19-45-44(43)31-25-38-26-32-48-50(49(38)45)46-17-7-8-20-47(46)52-48;1-3-10-30(11-4-1)31-20-24-37(25-21-31)45(36-13-5-2-6-14-36)38-15-9-12-33(29-38)34-22-26-39-35(28-34)19-18-32-23-27-42-44(43(32)39)40-16-7-8-17-41(40)46-42;1-3-9-30(10-4-1)31-17-23-37(24-18-31)45(36-11-5-2-6-12-36)38-25-19-32(20-26-38)34-21-27-39-35(29-34)16-15-33-22-28-42-44(43(33)39)40-13-7-8-14-41(40)46-42/h1-33H;2*1-29H. The van der Waals surface area contributed by atoms with Crippen molar-refractivity contribution in [1.29, 1.82) is 0 Å². The molecule has 3 heterocycles. The number of furan rings is 3. The van der Waals surface area contributed by atoms with E-state index in [-0.39, 0.29) is 0 Å². The molecule has 0 saturated carbocycles. The Morgan fingerprint density at radius 1 is 0.111 bits per heavy atom. The van der Waals surface area contributed by atoms with Gasteiger partial charge in [0.05, 0.1) is 0 Å². The quantitative estimate of drug-likeness (QED) is 0.0899. The van der Waals surface area contributed by atoms with Crippen LogP contribution in [-0.2, 0) is 0 Å². The molecule has 28 aromatic rings. The summed E-state index contributed by atoms with van der Waals surface area (Å²) >= 11 is 0. The number of anilines is 9. The van der Waals surface area contributed by atoms with Crippen LogP contribution in [0.5, 0.6) is 0 Å². The Morgan fingerprint density at radius 3 is 0.715 bits per heavy atom. The molecule has 144 heavy (non-hydrogen) atoms. The molecule has 0 fully saturated rings. The Morgan fingerprint density at radius 2 is 0.340 bits per heavy atom. The molecule has 3 aromatic heterocycles. The van der Waals surface area contributed by atoms with Crippen LogP contribution in [-0.4, -0.2) is 0 Å². The zero-order valence-electron chi connectivity index (χ0n) is 78.6. The monoisotopic (exact) mass is 1840 g/mol. The van der Waals surface area contributed by atoms with Gasteiger partial charge in [-0.1, -0.05) is 394 Å². The molecule has 0 bridgehead atoms. The minimum Gasteiger partial charge on any atom is -0.456 e. The normalized spacial score (nSPS) is 11.5. The largest absolute Gasteiger partial charge is 0.456 e. The Kier molecular flexibility index (Phi) is 21.9. The molecule has 676 valence electrons. The first-order valence-electron chi connectivity index (χ1n) is 49.1. The predicted octanol–water partition coefficient (Wildman–Crippen LogP) is 39.8. The molecule has 0 spiro atoms. The minimum atomic E-state index is 0.916. The third-order valence-electron chi connectivity index (χ3n) is 28.3. The second kappa shape index (κ2) is 37.0. The van der Waals surface area contributed by atoms with E-state index in [9.17, 15) is 0 Å². The number of nitrogens with zero attached hydrogens (tertiary/aromatic N) is 3. The van der Waals surface area contributed by atoms with Gasteiger partial charge in [0.25, 0.3) is 0 Å². The van der Waals surface area contributed by atoms with Crippen LogP contribution in [0.2, 0.25) is 0 Å². The van der Waals surface area contributed by atoms with Crippen LogP contribution in [0.3, 0.4) is 0 Å². The lowest BCUT2D eigenvalue weighted by Gasteiger charge is -2.26. The summed E-state index contributed by atoms with van der Waals surface area (Å²) in [6.45, 7) is 0. The van der Waals surface area contributed by atoms with Gasteiger partial charge in [0.2, 0.25) is 0 Å². The Bertz CT molecular complexity index is 9570. The van der Waals surface area contributed by atoms with Gasteiger partial charge in [-0.3, -0.25) is 0 Å². The van der Waals surface area contributed by atoms with E-state index < -0.39 is 0 Å². The summed E-state index contributed by atoms with van der Waals surface area (Å²) in [5.41, 5.74) is 32.3. The maximum Gasteiger partial charge on any atom is 0.136 e. The van der Waals surface area contributed by atoms with Crippen molar-refractivity contribution in [3.05, 3.63) is 552 Å². The summed E-state index contributed by atoms with van der Waals surface area (Å²) in [6, 6.07) is 197. The lowest BCUT2D eigenvalue weighted by Crippen LogP contribution is -2.10. The van der Waals surface area contributed by atoms with Crippen LogP contribution in [0, 0.1) is 0 Å². The van der Waals surface area contributed by atoms with Gasteiger partial charge in [-0.05, 0) is 284 Å². The molecule has 0 atom stereocenters. The minimum absolute atomic E-state index is 0.916. The molecule has 25 aromatic carbocycles. The fraction of sp³-hybridized carbons (Fsp3) is 0. The molecule has 0 radical (unpaired) electrons. The highest BCUT2D eigenvalue weighted by atomic mass is 16.3. The number of hydrogen-bond donors (Lipinski definition) is 0. The van der Waals surface area contributed by atoms with Crippen molar-refractivity contribution in [1.82, 2.24) is 0 Å². The van der Waals surface area contributed by atoms with E-state index in [0.717, 1.165) is 101 Å². The highest BCUT2D eigenvalue weighted by molar-refractivity contribution is 6.30. The highest BCUT2D eigenvalue weighted by Crippen LogP contribution is 2.49. The average molecular weight is 1840 g/mol. The molecule has 0 saturated heterocycles. The van der Waals surface area contributed by atoms with Crippen LogP contribution in [0.25, 0.3) is 208 Å². The molecule has 28 rings (SSSR count). The van der Waals surface area contributed by atoms with Crippen LogP contribution in [0.15, 0.2) is 565 Å². The van der Waals surface area contributed by atoms with Crippen molar-refractivity contribution in [3.63, 3.8) is 0 Å². The first-order chi connectivity index (χ1) is 71.4. The molecule has 0 aliphatic carbocycles. The summed E-state index contributed by atoms with van der Waals surface area (Å²) in [4.78, 5) is 6.99. The zero-order chi connectivity index (χ0) is 95.3. The van der Waals surface area contributed by atoms with E-state index in [4.69, 9.17) is 13.3 Å². The SMILES string of the molecule is c1ccc(-c2ccc(N(c3ccc(-c4ccccc4)cc3)c3cccc(-c4cccc5c4ccc4ccc6oc7ccccc7c6c45)c3)cc2)cc1.c1ccc(-c2ccc(N(c3ccccc3)c3ccc(-c4ccc5c(ccc6ccc7oc8ccccc8c7c65)c4)cc3)cc2)cc1.c1ccc(-c2ccc(N(c3ccccc3)c3cccc(-c4ccc5c(ccc6ccc7oc8ccccc8c7c65)c4)c3)cc2)cc1. The van der Waals surface area contributed by atoms with Gasteiger partial charge in [0.1, 0.15) is 33.5 Å². The molecule has 0 N–H and O–H groups in total. The van der Waals surface area contributed by atoms with Gasteiger partial charge >= 0.3 is 0 Å². The van der Waals surface area contributed by atoms with E-state index in [0.29, 0.717) is 0 Å². The topological polar surface area (TPSA) is 49.1 Å². The van der Waals surface area contributed by atoms with E-state index >= 15 is 0 Å². The molecule has 0 amide bonds. The maximum absolute atomic E-state index is 6.31. The number of benzene rings is 25. The predicted molar refractivity (Wildman–Crippen MR) is 608 cm³/mol. The number of hydrogen-bond acceptors (Lipinski definition) is 6. The van der Waals surface area contributed by atoms with E-state index in [1.54, 1.807) is 0 Å². The second-order valence-electron chi connectivity index (χ2n) is 36.9. The van der Waals surface area contributed by atoms with Crippen molar-refractivity contribution in [2.75, 3.05) is 14.7 Å². The van der Waals surface area contributed by atoms with Crippen LogP contribution in [0.1, 0.15) is 0 Å². The van der Waals surface area contributed by atoms with Gasteiger partial charge in [-0.2, -0.15) is 0 Å². The van der Waals surface area contributed by atoms with Gasteiger partial charge in [0.15, 0.2) is 0 Å². The lowest BCUT2D eigenvalue weighted by atomic mass is 9.92. The van der Waals surface area contributed by atoms with Gasteiger partial charge < -0.3 is 28.0 Å². The third kappa shape index (κ3) is 16.0. The van der Waals surface area contributed by atoms with Crippen LogP contribution >= 0.6 is 0 Å². The smallest absolute Gasteiger partial charge is 0.136 e. The fourth-order valence-corrected chi connectivity index (χ4v) is 21.4. The molecule has 6 heteroatoms. The Balaban J connectivity index is 0.000000110. The average Bonchev–Trinajstić information content (AvgIpc) is 1.50. The molecule has 0 aliphatic rings. The first kappa shape index (κ1) is 85.3. The summed E-state index contributed by atoms with van der Waals surface area (Å²) in [5.74, 6) is 0. The summed E-state index contributed by atoms with van der Waals surface area (Å²) in [7, 11) is 0. The molecular weight excluding hydrogens is 1750 g/mol. The van der Waals surface area contributed by atoms with E-state index in [2.05, 4.69) is 536 Å². The van der Waals surface area contributed by atoms with Crippen molar-refractivity contribution in [2.45, 2.75) is 0 Å². The number of rotatable bonds is 16. The van der Waals surface area contributed by atoms with Crippen molar-refractivity contribution >= 4 is 182 Å². The van der Waals surface area contributed by atoms with Crippen molar-refractivity contribution in [3.8, 4) is 77.9 Å². The number of fused-ring (bicyclic) bond motifs is 21. The van der Waals surface area contributed by atoms with Gasteiger partial charge in [0, 0.05) is 99.7 Å². The van der Waals surface area contributed by atoms with Gasteiger partial charge in [-0.25, -0.2) is 0 Å². The Hall–Kier alpha value is -19.1. The first-order valence-corrected chi connectivity index (χ1v) is 49.1. The molecular formula is C138H91N3O3. The van der Waals surface area contributed by atoms with E-state index in [1.165, 1.54) is 159 Å². The van der Waals surface area contributed by atoms with Crippen molar-refractivity contribution < 1.29 is 13.3 Å². The number of para-hydroxylation sites is 5. The third-order valence-corrected chi connectivity index (χ3v) is 28.3. The van der Waals surface area contributed by atoms with Crippen LogP contribution in [0.4, 0.5) is 51.2 Å². The molecule has 6 nitrogen and oxygen atoms in total. The lowest BCUT2D eigenvalue weighted by molar-refractivity contribution is 0.669. The maximum atomic E-state index is 6.31. The summed E-state index contributed by atoms with van der Waals surface area (Å²) in [5, 5.41) is 21.7. The second-order valence-corrected chi connectivity index (χ2v) is 36.9. The summed E-state index contributed by atoms with van der Waals surface area (Å²) in [6.07, 6.45) is 0. The van der Waals surface area contributed by atoms with Crippen LogP contribution < -0.4 is 14.7 Å². The molecule has 0 aliphatic heterocycles. The summed E-state index contributed by atoms with van der Waals surface area (Å²) < 4.78 is 18.8. The molecule has 0 unspecified atom stereocenters. The van der Waals surface area contributed by atoms with Gasteiger partial charge in [-0.15, -0.1) is 0 Å². The van der Waals surface area contributed by atoms with Crippen molar-refractivity contribution in [2.24, 2.45) is 0 Å². The Labute approximate surface area is 833 Å². The fourth-order valence-electron chi connectivity index (χ4n) is 21.4. The zero-order valence-corrected chi connectivity index (χ0v) is 78.6.